The van der Waals surface area contributed by atoms with Crippen molar-refractivity contribution in [3.63, 3.8) is 0 Å². The monoisotopic (exact) mass is 304 g/mol. The van der Waals surface area contributed by atoms with Crippen molar-refractivity contribution in [2.24, 2.45) is 27.2 Å². The molecule has 1 aromatic carbocycles. The maximum atomic E-state index is 11.2. The molecule has 0 spiro atoms. The number of fused-ring (bicyclic) bond motifs is 1. The van der Waals surface area contributed by atoms with Gasteiger partial charge in [-0.15, -0.1) is 0 Å². The zero-order valence-electron chi connectivity index (χ0n) is 12.1. The summed E-state index contributed by atoms with van der Waals surface area (Å²) in [4.78, 5) is 18.1. The summed E-state index contributed by atoms with van der Waals surface area (Å²) in [6, 6.07) is 2.80. The first-order valence-electron chi connectivity index (χ1n) is 6.32. The van der Waals surface area contributed by atoms with Gasteiger partial charge in [0.1, 0.15) is 17.0 Å². The number of benzene rings is 1. The zero-order valence-corrected chi connectivity index (χ0v) is 12.1. The van der Waals surface area contributed by atoms with Crippen molar-refractivity contribution in [1.29, 1.82) is 0 Å². The van der Waals surface area contributed by atoms with Crippen LogP contribution in [0.1, 0.15) is 19.4 Å². The molecule has 22 heavy (non-hydrogen) atoms. The third-order valence-electron chi connectivity index (χ3n) is 2.82. The predicted octanol–water partition coefficient (Wildman–Crippen LogP) is 0.999. The zero-order chi connectivity index (χ0) is 16.5. The molecule has 0 fully saturated rings. The molecule has 0 amide bonds. The summed E-state index contributed by atoms with van der Waals surface area (Å²) in [6.45, 7) is 3.70. The molecule has 0 bridgehead atoms. The Balaban J connectivity index is 2.56. The number of nitro benzene ring substituents is 1. The Labute approximate surface area is 126 Å². The van der Waals surface area contributed by atoms with Crippen LogP contribution in [0.2, 0.25) is 0 Å². The standard InChI is InChI=1S/C13H16N6O3/c1-13(2)4-3-7-5-8(17-12(16)18-11(14)15)9(19(20)21)6-10(7)22-13/h3-6H,1-2H3,(H6,14,15,16,17,18). The number of ether oxygens (including phenoxy) is 1. The number of nitrogens with zero attached hydrogens (tertiary/aromatic N) is 3. The molecule has 0 atom stereocenters. The van der Waals surface area contributed by atoms with Gasteiger partial charge in [-0.05, 0) is 26.0 Å². The fourth-order valence-corrected chi connectivity index (χ4v) is 1.92. The van der Waals surface area contributed by atoms with Crippen LogP contribution in [0.5, 0.6) is 5.75 Å². The minimum Gasteiger partial charge on any atom is -0.483 e. The topological polar surface area (TPSA) is 155 Å². The summed E-state index contributed by atoms with van der Waals surface area (Å²) >= 11 is 0. The molecule has 1 heterocycles. The molecule has 9 nitrogen and oxygen atoms in total. The number of hydrogen-bond donors (Lipinski definition) is 3. The van der Waals surface area contributed by atoms with E-state index < -0.39 is 10.5 Å². The fraction of sp³-hybridized carbons (Fsp3) is 0.231. The van der Waals surface area contributed by atoms with E-state index in [1.54, 1.807) is 6.08 Å². The number of hydrogen-bond acceptors (Lipinski definition) is 4. The number of nitrogens with two attached hydrogens (primary N) is 3. The Morgan fingerprint density at radius 1 is 1.32 bits per heavy atom. The maximum Gasteiger partial charge on any atom is 0.298 e. The highest BCUT2D eigenvalue weighted by molar-refractivity contribution is 5.94. The van der Waals surface area contributed by atoms with Crippen LogP contribution >= 0.6 is 0 Å². The Morgan fingerprint density at radius 2 is 2.00 bits per heavy atom. The number of rotatable bonds is 2. The Bertz CT molecular complexity index is 717. The predicted molar refractivity (Wildman–Crippen MR) is 83.9 cm³/mol. The van der Waals surface area contributed by atoms with Gasteiger partial charge in [-0.1, -0.05) is 6.08 Å². The molecule has 9 heteroatoms. The molecule has 1 aromatic rings. The van der Waals surface area contributed by atoms with Crippen LogP contribution in [0.25, 0.3) is 6.08 Å². The van der Waals surface area contributed by atoms with E-state index in [1.165, 1.54) is 12.1 Å². The van der Waals surface area contributed by atoms with Gasteiger partial charge in [-0.3, -0.25) is 10.1 Å². The second kappa shape index (κ2) is 5.35. The molecular weight excluding hydrogens is 288 g/mol. The molecule has 0 radical (unpaired) electrons. The minimum absolute atomic E-state index is 0.0409. The average Bonchev–Trinajstić information content (AvgIpc) is 2.36. The first-order chi connectivity index (χ1) is 10.2. The van der Waals surface area contributed by atoms with Crippen molar-refractivity contribution in [2.45, 2.75) is 19.4 Å². The van der Waals surface area contributed by atoms with Crippen LogP contribution in [0, 0.1) is 10.1 Å². The number of guanidine groups is 2. The van der Waals surface area contributed by atoms with Crippen LogP contribution in [0.4, 0.5) is 11.4 Å². The molecule has 2 rings (SSSR count). The van der Waals surface area contributed by atoms with Crippen molar-refractivity contribution in [2.75, 3.05) is 0 Å². The van der Waals surface area contributed by atoms with Gasteiger partial charge in [0, 0.05) is 5.56 Å². The molecule has 0 saturated carbocycles. The highest BCUT2D eigenvalue weighted by atomic mass is 16.6. The smallest absolute Gasteiger partial charge is 0.298 e. The van der Waals surface area contributed by atoms with Gasteiger partial charge >= 0.3 is 0 Å². The summed E-state index contributed by atoms with van der Waals surface area (Å²) in [6.07, 6.45) is 3.65. The first-order valence-corrected chi connectivity index (χ1v) is 6.32. The van der Waals surface area contributed by atoms with E-state index >= 15 is 0 Å². The lowest BCUT2D eigenvalue weighted by Crippen LogP contribution is -2.27. The average molecular weight is 304 g/mol. The molecule has 0 unspecified atom stereocenters. The second-order valence-corrected chi connectivity index (χ2v) is 5.18. The molecule has 0 aliphatic carbocycles. The van der Waals surface area contributed by atoms with E-state index in [0.29, 0.717) is 11.3 Å². The summed E-state index contributed by atoms with van der Waals surface area (Å²) in [5.41, 5.74) is 15.8. The summed E-state index contributed by atoms with van der Waals surface area (Å²) in [5, 5.41) is 11.2. The van der Waals surface area contributed by atoms with Crippen molar-refractivity contribution >= 4 is 29.4 Å². The molecular formula is C13H16N6O3. The Morgan fingerprint density at radius 3 is 2.59 bits per heavy atom. The minimum atomic E-state index is -0.573. The summed E-state index contributed by atoms with van der Waals surface area (Å²) in [5.74, 6) is -0.158. The number of nitro groups is 1. The van der Waals surface area contributed by atoms with Gasteiger partial charge in [0.05, 0.1) is 11.0 Å². The quantitative estimate of drug-likeness (QED) is 0.320. The van der Waals surface area contributed by atoms with E-state index in [1.807, 2.05) is 19.9 Å². The maximum absolute atomic E-state index is 11.2. The lowest BCUT2D eigenvalue weighted by Gasteiger charge is -2.27. The van der Waals surface area contributed by atoms with Gasteiger partial charge in [-0.2, -0.15) is 4.99 Å². The number of aliphatic imine (C=N–C) groups is 2. The summed E-state index contributed by atoms with van der Waals surface area (Å²) < 4.78 is 5.70. The Kier molecular flexibility index (Phi) is 3.72. The molecule has 0 aromatic heterocycles. The fourth-order valence-electron chi connectivity index (χ4n) is 1.92. The normalized spacial score (nSPS) is 15.6. The van der Waals surface area contributed by atoms with Gasteiger partial charge < -0.3 is 21.9 Å². The lowest BCUT2D eigenvalue weighted by molar-refractivity contribution is -0.384. The first kappa shape index (κ1) is 15.3. The van der Waals surface area contributed by atoms with Crippen LogP contribution in [-0.4, -0.2) is 22.4 Å². The van der Waals surface area contributed by atoms with Gasteiger partial charge in [0.25, 0.3) is 5.69 Å². The van der Waals surface area contributed by atoms with E-state index in [4.69, 9.17) is 21.9 Å². The Hall–Kier alpha value is -3.10. The highest BCUT2D eigenvalue weighted by Gasteiger charge is 2.26. The molecule has 0 saturated heterocycles. The van der Waals surface area contributed by atoms with Crippen molar-refractivity contribution in [3.05, 3.63) is 33.9 Å². The van der Waals surface area contributed by atoms with Gasteiger partial charge in [0.2, 0.25) is 5.96 Å². The third-order valence-corrected chi connectivity index (χ3v) is 2.82. The molecule has 6 N–H and O–H groups in total. The van der Waals surface area contributed by atoms with Crippen LogP contribution in [0.3, 0.4) is 0 Å². The second-order valence-electron chi connectivity index (χ2n) is 5.18. The largest absolute Gasteiger partial charge is 0.483 e. The van der Waals surface area contributed by atoms with E-state index in [-0.39, 0.29) is 23.3 Å². The van der Waals surface area contributed by atoms with Gasteiger partial charge in [0.15, 0.2) is 5.96 Å². The van der Waals surface area contributed by atoms with Crippen molar-refractivity contribution in [3.8, 4) is 5.75 Å². The highest BCUT2D eigenvalue weighted by Crippen LogP contribution is 2.39. The molecule has 1 aliphatic heterocycles. The van der Waals surface area contributed by atoms with E-state index in [2.05, 4.69) is 9.98 Å². The third kappa shape index (κ3) is 3.32. The van der Waals surface area contributed by atoms with Crippen LogP contribution in [-0.2, 0) is 0 Å². The summed E-state index contributed by atoms with van der Waals surface area (Å²) in [7, 11) is 0. The van der Waals surface area contributed by atoms with E-state index in [0.717, 1.165) is 0 Å². The SMILES string of the molecule is CC1(C)C=Cc2cc(N=C(N)N=C(N)N)c([N+](=O)[O-])cc2O1. The van der Waals surface area contributed by atoms with E-state index in [9.17, 15) is 10.1 Å². The molecule has 116 valence electrons. The van der Waals surface area contributed by atoms with Crippen molar-refractivity contribution < 1.29 is 9.66 Å². The van der Waals surface area contributed by atoms with Gasteiger partial charge in [-0.25, -0.2) is 4.99 Å². The molecule has 1 aliphatic rings. The lowest BCUT2D eigenvalue weighted by atomic mass is 10.0. The van der Waals surface area contributed by atoms with Crippen LogP contribution < -0.4 is 21.9 Å². The van der Waals surface area contributed by atoms with Crippen LogP contribution in [0.15, 0.2) is 28.2 Å². The van der Waals surface area contributed by atoms with Crippen molar-refractivity contribution in [1.82, 2.24) is 0 Å².